The van der Waals surface area contributed by atoms with Crippen LogP contribution in [-0.4, -0.2) is 74.9 Å². The molecule has 1 unspecified atom stereocenters. The summed E-state index contributed by atoms with van der Waals surface area (Å²) in [4.78, 5) is 35.4. The fraction of sp³-hybridized carbons (Fsp3) is 0.915. The molecule has 0 aromatic heterocycles. The van der Waals surface area contributed by atoms with Crippen molar-refractivity contribution < 1.29 is 42.1 Å². The molecule has 0 aromatic rings. The summed E-state index contributed by atoms with van der Waals surface area (Å²) in [5.41, 5.74) is 0. The predicted molar refractivity (Wildman–Crippen MR) is 238 cm³/mol. The molecule has 10 heteroatoms. The second kappa shape index (κ2) is 40.2. The molecule has 0 spiro atoms. The molecular weight excluding hydrogens is 737 g/mol. The van der Waals surface area contributed by atoms with Gasteiger partial charge < -0.3 is 18.9 Å². The van der Waals surface area contributed by atoms with Crippen molar-refractivity contribution in [1.29, 1.82) is 0 Å². The maximum absolute atomic E-state index is 12.7. The van der Waals surface area contributed by atoms with Gasteiger partial charge in [0.2, 0.25) is 0 Å². The van der Waals surface area contributed by atoms with Gasteiger partial charge in [-0.1, -0.05) is 187 Å². The van der Waals surface area contributed by atoms with Crippen LogP contribution in [-0.2, 0) is 32.7 Å². The fourth-order valence-corrected chi connectivity index (χ4v) is 7.52. The van der Waals surface area contributed by atoms with Crippen molar-refractivity contribution in [2.24, 2.45) is 0 Å². The molecular formula is C47H93NO8P+. The van der Waals surface area contributed by atoms with Gasteiger partial charge in [-0.05, 0) is 38.5 Å². The molecule has 0 saturated carbocycles. The number of carbonyl (C=O) groups excluding carboxylic acids is 2. The molecule has 0 fully saturated rings. The van der Waals surface area contributed by atoms with Crippen molar-refractivity contribution >= 4 is 19.8 Å². The Labute approximate surface area is 352 Å². The van der Waals surface area contributed by atoms with E-state index in [1.807, 2.05) is 21.1 Å². The second-order valence-electron chi connectivity index (χ2n) is 17.5. The van der Waals surface area contributed by atoms with Crippen molar-refractivity contribution in [2.75, 3.05) is 47.5 Å². The molecule has 9 nitrogen and oxygen atoms in total. The third kappa shape index (κ3) is 44.1. The Balaban J connectivity index is 4.28. The number of likely N-dealkylation sites (N-methyl/N-ethyl adjacent to an activating group) is 1. The number of allylic oxidation sites excluding steroid dienone is 2. The van der Waals surface area contributed by atoms with Crippen LogP contribution in [0.3, 0.4) is 0 Å². The van der Waals surface area contributed by atoms with Crippen LogP contribution in [0.5, 0.6) is 0 Å². The normalized spacial score (nSPS) is 13.6. The van der Waals surface area contributed by atoms with Gasteiger partial charge in [0.15, 0.2) is 6.10 Å². The lowest BCUT2D eigenvalue weighted by atomic mass is 10.0. The van der Waals surface area contributed by atoms with E-state index in [-0.39, 0.29) is 32.0 Å². The molecule has 57 heavy (non-hydrogen) atoms. The van der Waals surface area contributed by atoms with Crippen LogP contribution in [0, 0.1) is 0 Å². The minimum atomic E-state index is -4.37. The molecule has 0 bridgehead atoms. The zero-order valence-corrected chi connectivity index (χ0v) is 39.0. The maximum atomic E-state index is 12.7. The molecule has 0 aromatic carbocycles. The second-order valence-corrected chi connectivity index (χ2v) is 19.0. The van der Waals surface area contributed by atoms with Gasteiger partial charge in [-0.15, -0.1) is 0 Å². The van der Waals surface area contributed by atoms with E-state index in [0.717, 1.165) is 32.1 Å². The lowest BCUT2D eigenvalue weighted by Crippen LogP contribution is -2.37. The first-order valence-electron chi connectivity index (χ1n) is 23.9. The Morgan fingerprint density at radius 3 is 1.30 bits per heavy atom. The van der Waals surface area contributed by atoms with Gasteiger partial charge in [-0.2, -0.15) is 0 Å². The number of ether oxygens (including phenoxy) is 2. The molecule has 0 aliphatic carbocycles. The predicted octanol–water partition coefficient (Wildman–Crippen LogP) is 13.8. The first-order valence-corrected chi connectivity index (χ1v) is 25.4. The van der Waals surface area contributed by atoms with E-state index < -0.39 is 26.5 Å². The Bertz CT molecular complexity index is 985. The molecule has 0 amide bonds. The summed E-state index contributed by atoms with van der Waals surface area (Å²) in [5, 5.41) is 0. The zero-order chi connectivity index (χ0) is 42.1. The number of hydrogen-bond donors (Lipinski definition) is 1. The number of phosphoric ester groups is 1. The van der Waals surface area contributed by atoms with Gasteiger partial charge in [0.1, 0.15) is 19.8 Å². The number of carbonyl (C=O) groups is 2. The SMILES string of the molecule is CCCCCCCC/C=C\CCCCCCCCCC(=O)OC[C@H](COP(=O)(O)OCC[N+](C)(C)C)OC(=O)CCCCCCCCCCCCCCCCCC. The van der Waals surface area contributed by atoms with E-state index in [1.165, 1.54) is 161 Å². The van der Waals surface area contributed by atoms with Gasteiger partial charge in [0.05, 0.1) is 27.7 Å². The average Bonchev–Trinajstić information content (AvgIpc) is 3.16. The Morgan fingerprint density at radius 2 is 0.895 bits per heavy atom. The fourth-order valence-electron chi connectivity index (χ4n) is 6.77. The van der Waals surface area contributed by atoms with Gasteiger partial charge in [-0.3, -0.25) is 18.6 Å². The highest BCUT2D eigenvalue weighted by Crippen LogP contribution is 2.43. The maximum Gasteiger partial charge on any atom is 0.472 e. The van der Waals surface area contributed by atoms with Crippen LogP contribution in [0.15, 0.2) is 12.2 Å². The molecule has 0 saturated heterocycles. The molecule has 1 N–H and O–H groups in total. The lowest BCUT2D eigenvalue weighted by molar-refractivity contribution is -0.870. The van der Waals surface area contributed by atoms with Gasteiger partial charge in [0, 0.05) is 12.8 Å². The van der Waals surface area contributed by atoms with E-state index in [0.29, 0.717) is 17.4 Å². The summed E-state index contributed by atoms with van der Waals surface area (Å²) >= 11 is 0. The first kappa shape index (κ1) is 55.8. The van der Waals surface area contributed by atoms with E-state index >= 15 is 0 Å². The average molecular weight is 831 g/mol. The minimum Gasteiger partial charge on any atom is -0.462 e. The zero-order valence-electron chi connectivity index (χ0n) is 38.1. The molecule has 0 aliphatic rings. The van der Waals surface area contributed by atoms with Crippen LogP contribution < -0.4 is 0 Å². The number of unbranched alkanes of at least 4 members (excludes halogenated alkanes) is 28. The van der Waals surface area contributed by atoms with E-state index in [1.54, 1.807) is 0 Å². The van der Waals surface area contributed by atoms with Crippen LogP contribution in [0.4, 0.5) is 0 Å². The van der Waals surface area contributed by atoms with E-state index in [4.69, 9.17) is 18.5 Å². The molecule has 0 aliphatic heterocycles. The van der Waals surface area contributed by atoms with Gasteiger partial charge in [0.25, 0.3) is 0 Å². The highest BCUT2D eigenvalue weighted by Gasteiger charge is 2.27. The van der Waals surface area contributed by atoms with Crippen LogP contribution in [0.25, 0.3) is 0 Å². The topological polar surface area (TPSA) is 108 Å². The van der Waals surface area contributed by atoms with Crippen molar-refractivity contribution in [2.45, 2.75) is 232 Å². The summed E-state index contributed by atoms with van der Waals surface area (Å²) in [7, 11) is 1.49. The van der Waals surface area contributed by atoms with Crippen LogP contribution in [0.1, 0.15) is 226 Å². The molecule has 0 radical (unpaired) electrons. The minimum absolute atomic E-state index is 0.0344. The summed E-state index contributed by atoms with van der Waals surface area (Å²) in [5.74, 6) is -0.791. The summed E-state index contributed by atoms with van der Waals surface area (Å²) in [6.45, 7) is 4.45. The van der Waals surface area contributed by atoms with Crippen molar-refractivity contribution in [3.8, 4) is 0 Å². The summed E-state index contributed by atoms with van der Waals surface area (Å²) in [6, 6.07) is 0. The number of quaternary nitrogens is 1. The Hall–Kier alpha value is -1.25. The third-order valence-corrected chi connectivity index (χ3v) is 11.5. The van der Waals surface area contributed by atoms with Gasteiger partial charge in [-0.25, -0.2) is 4.57 Å². The van der Waals surface area contributed by atoms with E-state index in [9.17, 15) is 19.0 Å². The molecule has 338 valence electrons. The summed E-state index contributed by atoms with van der Waals surface area (Å²) < 4.78 is 34.4. The summed E-state index contributed by atoms with van der Waals surface area (Å²) in [6.07, 6.45) is 42.5. The number of esters is 2. The largest absolute Gasteiger partial charge is 0.472 e. The van der Waals surface area contributed by atoms with E-state index in [2.05, 4.69) is 26.0 Å². The number of hydrogen-bond acceptors (Lipinski definition) is 7. The van der Waals surface area contributed by atoms with Crippen LogP contribution in [0.2, 0.25) is 0 Å². The first-order chi connectivity index (χ1) is 27.5. The smallest absolute Gasteiger partial charge is 0.462 e. The quantitative estimate of drug-likeness (QED) is 0.0213. The Morgan fingerprint density at radius 1 is 0.526 bits per heavy atom. The van der Waals surface area contributed by atoms with Crippen molar-refractivity contribution in [3.63, 3.8) is 0 Å². The van der Waals surface area contributed by atoms with Gasteiger partial charge >= 0.3 is 19.8 Å². The highest BCUT2D eigenvalue weighted by atomic mass is 31.2. The van der Waals surface area contributed by atoms with Crippen molar-refractivity contribution in [1.82, 2.24) is 0 Å². The number of nitrogens with zero attached hydrogens (tertiary/aromatic N) is 1. The van der Waals surface area contributed by atoms with Crippen molar-refractivity contribution in [3.05, 3.63) is 12.2 Å². The highest BCUT2D eigenvalue weighted by molar-refractivity contribution is 7.47. The molecule has 2 atom stereocenters. The monoisotopic (exact) mass is 831 g/mol. The van der Waals surface area contributed by atoms with Crippen LogP contribution >= 0.6 is 7.82 Å². The number of phosphoric acid groups is 1. The third-order valence-electron chi connectivity index (χ3n) is 10.5. The lowest BCUT2D eigenvalue weighted by Gasteiger charge is -2.24. The molecule has 0 heterocycles. The standard InChI is InChI=1S/C47H92NO8P/c1-6-8-10-12-14-16-18-20-22-24-26-27-29-31-33-35-37-39-46(49)53-43-45(44-55-57(51,52)54-42-41-48(3,4)5)56-47(50)40-38-36-34-32-30-28-25-23-21-19-17-15-13-11-9-7-2/h20,22,45H,6-19,21,23-44H2,1-5H3/p+1/b22-20-/t45-/m1/s1. The Kier molecular flexibility index (Phi) is 39.3. The molecule has 0 rings (SSSR count). The number of rotatable bonds is 44.